The van der Waals surface area contributed by atoms with Gasteiger partial charge in [0.15, 0.2) is 5.78 Å². The summed E-state index contributed by atoms with van der Waals surface area (Å²) in [4.78, 5) is 36.9. The first-order valence-electron chi connectivity index (χ1n) is 12.0. The minimum absolute atomic E-state index is 0.00343. The van der Waals surface area contributed by atoms with Gasteiger partial charge in [-0.25, -0.2) is 0 Å². The molecule has 4 rings (SSSR count). The average molecular weight is 497 g/mol. The first kappa shape index (κ1) is 23.3. The number of esters is 2. The highest BCUT2D eigenvalue weighted by Gasteiger charge is 2.67. The molecule has 0 radical (unpaired) electrons. The van der Waals surface area contributed by atoms with Crippen molar-refractivity contribution in [3.63, 3.8) is 0 Å². The van der Waals surface area contributed by atoms with E-state index in [1.807, 2.05) is 6.92 Å². The van der Waals surface area contributed by atoms with Crippen LogP contribution in [0.25, 0.3) is 0 Å². The molecule has 0 unspecified atom stereocenters. The summed E-state index contributed by atoms with van der Waals surface area (Å²) >= 11 is 3.88. The smallest absolute Gasteiger partial charge is 0.302 e. The van der Waals surface area contributed by atoms with Crippen molar-refractivity contribution in [3.8, 4) is 0 Å². The Kier molecular flexibility index (Phi) is 6.11. The third-order valence-electron chi connectivity index (χ3n) is 9.73. The highest BCUT2D eigenvalue weighted by atomic mass is 79.9. The molecule has 0 N–H and O–H groups in total. The standard InChI is InChI=1S/C25H37BrO5/c1-13(30-14(2)27)19-8-9-20-18-7-6-16-12-17(31-15(3)28)10-11-24(16,4)21(18)22(29)23(26)25(19,20)5/h13,16-21,23H,6-12H2,1-5H3/t13-,16-,17+,18+,19-,20-,21-,23-,24-,25+/m0/s1. The number of Topliss-reactive ketones (excluding diaryl/α,β-unsaturated/α-hetero) is 1. The number of carbonyl (C=O) groups excluding carboxylic acids is 3. The van der Waals surface area contributed by atoms with Gasteiger partial charge in [-0.1, -0.05) is 29.8 Å². The Morgan fingerprint density at radius 1 is 1.06 bits per heavy atom. The highest BCUT2D eigenvalue weighted by Crippen LogP contribution is 2.68. The second-order valence-corrected chi connectivity index (χ2v) is 12.1. The molecule has 0 bridgehead atoms. The number of fused-ring (bicyclic) bond motifs is 5. The Morgan fingerprint density at radius 3 is 2.42 bits per heavy atom. The first-order valence-corrected chi connectivity index (χ1v) is 12.9. The van der Waals surface area contributed by atoms with Crippen LogP contribution in [-0.2, 0) is 23.9 Å². The van der Waals surface area contributed by atoms with Crippen molar-refractivity contribution in [2.75, 3.05) is 0 Å². The molecule has 4 saturated carbocycles. The quantitative estimate of drug-likeness (QED) is 0.402. The minimum Gasteiger partial charge on any atom is -0.463 e. The van der Waals surface area contributed by atoms with Crippen molar-refractivity contribution in [2.24, 2.45) is 40.4 Å². The van der Waals surface area contributed by atoms with Gasteiger partial charge in [-0.2, -0.15) is 0 Å². The van der Waals surface area contributed by atoms with E-state index in [4.69, 9.17) is 9.47 Å². The normalized spacial score (nSPS) is 47.5. The Morgan fingerprint density at radius 2 is 1.77 bits per heavy atom. The van der Waals surface area contributed by atoms with E-state index >= 15 is 0 Å². The van der Waals surface area contributed by atoms with Gasteiger partial charge in [0.25, 0.3) is 0 Å². The fraction of sp³-hybridized carbons (Fsp3) is 0.880. The fourth-order valence-electron chi connectivity index (χ4n) is 8.45. The van der Waals surface area contributed by atoms with Gasteiger partial charge in [-0.15, -0.1) is 0 Å². The molecule has 0 aliphatic heterocycles. The molecule has 0 saturated heterocycles. The van der Waals surface area contributed by atoms with Gasteiger partial charge in [0.1, 0.15) is 12.2 Å². The van der Waals surface area contributed by atoms with E-state index < -0.39 is 0 Å². The predicted molar refractivity (Wildman–Crippen MR) is 120 cm³/mol. The SMILES string of the molecule is CC(=O)O[C@@H]1CC[C@@]2(C)[C@@H](CC[C@H]3[C@H]2C(=O)[C@H](Br)[C@@]2(C)[C@H]3CC[C@H]2[C@H](C)OC(C)=O)C1. The van der Waals surface area contributed by atoms with Crippen LogP contribution in [0.3, 0.4) is 0 Å². The van der Waals surface area contributed by atoms with Crippen molar-refractivity contribution >= 4 is 33.7 Å². The number of carbonyl (C=O) groups is 3. The number of ether oxygens (including phenoxy) is 2. The summed E-state index contributed by atoms with van der Waals surface area (Å²) in [6.45, 7) is 9.53. The van der Waals surface area contributed by atoms with Gasteiger partial charge < -0.3 is 9.47 Å². The average Bonchev–Trinajstić information content (AvgIpc) is 3.03. The lowest BCUT2D eigenvalue weighted by Crippen LogP contribution is -2.62. The number of alkyl halides is 1. The van der Waals surface area contributed by atoms with Gasteiger partial charge in [-0.05, 0) is 80.5 Å². The summed E-state index contributed by atoms with van der Waals surface area (Å²) in [6.07, 6.45) is 6.77. The summed E-state index contributed by atoms with van der Waals surface area (Å²) in [7, 11) is 0. The van der Waals surface area contributed by atoms with Crippen molar-refractivity contribution < 1.29 is 23.9 Å². The van der Waals surface area contributed by atoms with Gasteiger partial charge >= 0.3 is 11.9 Å². The van der Waals surface area contributed by atoms with E-state index in [1.165, 1.54) is 13.8 Å². The molecule has 4 aliphatic rings. The Labute approximate surface area is 194 Å². The topological polar surface area (TPSA) is 69.7 Å². The van der Waals surface area contributed by atoms with E-state index in [1.54, 1.807) is 0 Å². The molecular formula is C25H37BrO5. The van der Waals surface area contributed by atoms with Crippen molar-refractivity contribution in [2.45, 2.75) is 96.6 Å². The van der Waals surface area contributed by atoms with Crippen LogP contribution in [0.5, 0.6) is 0 Å². The van der Waals surface area contributed by atoms with E-state index in [-0.39, 0.29) is 51.6 Å². The van der Waals surface area contributed by atoms with Gasteiger partial charge in [0, 0.05) is 25.7 Å². The number of ketones is 1. The molecule has 5 nitrogen and oxygen atoms in total. The lowest BCUT2D eigenvalue weighted by molar-refractivity contribution is -0.170. The molecule has 0 amide bonds. The van der Waals surface area contributed by atoms with Crippen LogP contribution in [0.4, 0.5) is 0 Å². The number of hydrogen-bond acceptors (Lipinski definition) is 5. The van der Waals surface area contributed by atoms with E-state index in [0.29, 0.717) is 23.5 Å². The maximum atomic E-state index is 14.0. The van der Waals surface area contributed by atoms with Crippen LogP contribution in [-0.4, -0.2) is 34.8 Å². The van der Waals surface area contributed by atoms with Crippen molar-refractivity contribution in [1.29, 1.82) is 0 Å². The molecule has 10 atom stereocenters. The number of hydrogen-bond donors (Lipinski definition) is 0. The zero-order valence-corrected chi connectivity index (χ0v) is 21.1. The van der Waals surface area contributed by atoms with E-state index in [9.17, 15) is 14.4 Å². The summed E-state index contributed by atoms with van der Waals surface area (Å²) in [5, 5.41) is 0. The lowest BCUT2D eigenvalue weighted by atomic mass is 9.44. The molecule has 0 heterocycles. The Hall–Kier alpha value is -0.910. The number of rotatable bonds is 3. The largest absolute Gasteiger partial charge is 0.463 e. The van der Waals surface area contributed by atoms with Gasteiger partial charge in [-0.3, -0.25) is 14.4 Å². The summed E-state index contributed by atoms with van der Waals surface area (Å²) in [6, 6.07) is 0. The molecule has 0 aromatic rings. The van der Waals surface area contributed by atoms with Crippen LogP contribution in [0, 0.1) is 40.4 Å². The van der Waals surface area contributed by atoms with Crippen LogP contribution >= 0.6 is 15.9 Å². The number of halogens is 1. The highest BCUT2D eigenvalue weighted by molar-refractivity contribution is 9.10. The molecule has 6 heteroatoms. The summed E-state index contributed by atoms with van der Waals surface area (Å²) in [5.41, 5.74) is -0.213. The van der Waals surface area contributed by atoms with Crippen LogP contribution < -0.4 is 0 Å². The monoisotopic (exact) mass is 496 g/mol. The summed E-state index contributed by atoms with van der Waals surface area (Å²) in [5.74, 6) is 1.45. The predicted octanol–water partition coefficient (Wildman–Crippen LogP) is 5.08. The maximum absolute atomic E-state index is 14.0. The third kappa shape index (κ3) is 3.59. The van der Waals surface area contributed by atoms with Gasteiger partial charge in [0.05, 0.1) is 4.83 Å². The molecule has 0 aromatic heterocycles. The zero-order valence-electron chi connectivity index (χ0n) is 19.5. The molecule has 0 spiro atoms. The Bertz CT molecular complexity index is 767. The van der Waals surface area contributed by atoms with Crippen molar-refractivity contribution in [1.82, 2.24) is 0 Å². The van der Waals surface area contributed by atoms with Crippen LogP contribution in [0.15, 0.2) is 0 Å². The molecule has 0 aromatic carbocycles. The lowest BCUT2D eigenvalue weighted by Gasteiger charge is -2.61. The molecular weight excluding hydrogens is 460 g/mol. The molecule has 174 valence electrons. The Balaban J connectivity index is 1.61. The molecule has 4 fully saturated rings. The zero-order chi connectivity index (χ0) is 22.7. The second kappa shape index (κ2) is 8.14. The van der Waals surface area contributed by atoms with Gasteiger partial charge in [0.2, 0.25) is 0 Å². The molecule has 31 heavy (non-hydrogen) atoms. The van der Waals surface area contributed by atoms with E-state index in [0.717, 1.165) is 44.9 Å². The van der Waals surface area contributed by atoms with E-state index in [2.05, 4.69) is 29.8 Å². The second-order valence-electron chi connectivity index (χ2n) is 11.2. The van der Waals surface area contributed by atoms with Crippen molar-refractivity contribution in [3.05, 3.63) is 0 Å². The summed E-state index contributed by atoms with van der Waals surface area (Å²) < 4.78 is 11.2. The van der Waals surface area contributed by atoms with Crippen LogP contribution in [0.2, 0.25) is 0 Å². The fourth-order valence-corrected chi connectivity index (χ4v) is 9.42. The third-order valence-corrected chi connectivity index (χ3v) is 11.2. The maximum Gasteiger partial charge on any atom is 0.302 e. The molecule has 4 aliphatic carbocycles. The minimum atomic E-state index is -0.247. The first-order chi connectivity index (χ1) is 14.5. The van der Waals surface area contributed by atoms with Crippen LogP contribution in [0.1, 0.15) is 79.6 Å².